The Hall–Kier alpha value is -2.41. The van der Waals surface area contributed by atoms with E-state index in [1.54, 1.807) is 12.1 Å². The van der Waals surface area contributed by atoms with Gasteiger partial charge in [0.2, 0.25) is 5.91 Å². The van der Waals surface area contributed by atoms with Crippen LogP contribution in [-0.2, 0) is 17.8 Å². The van der Waals surface area contributed by atoms with E-state index in [4.69, 9.17) is 23.2 Å². The van der Waals surface area contributed by atoms with Gasteiger partial charge in [0.1, 0.15) is 5.82 Å². The van der Waals surface area contributed by atoms with E-state index in [-0.39, 0.29) is 22.9 Å². The van der Waals surface area contributed by atoms with Crippen molar-refractivity contribution in [1.82, 2.24) is 9.88 Å². The van der Waals surface area contributed by atoms with E-state index in [2.05, 4.69) is 10.3 Å². The highest BCUT2D eigenvalue weighted by atomic mass is 35.5. The minimum absolute atomic E-state index is 0.0380. The van der Waals surface area contributed by atoms with Gasteiger partial charge in [-0.15, -0.1) is 0 Å². The molecule has 8 heteroatoms. The molecule has 1 aliphatic heterocycles. The number of nitrogens with zero attached hydrogens (tertiary/aromatic N) is 1. The number of fused-ring (bicyclic) bond motifs is 2. The Morgan fingerprint density at radius 1 is 1.24 bits per heavy atom. The Morgan fingerprint density at radius 2 is 2.03 bits per heavy atom. The van der Waals surface area contributed by atoms with E-state index in [1.165, 1.54) is 18.2 Å². The number of aryl methyl sites for hydroxylation is 1. The first-order valence-electron chi connectivity index (χ1n) is 9.13. The Bertz CT molecular complexity index is 1190. The molecule has 0 radical (unpaired) electrons. The van der Waals surface area contributed by atoms with Crippen molar-refractivity contribution in [1.29, 1.82) is 0 Å². The van der Waals surface area contributed by atoms with Gasteiger partial charge in [-0.1, -0.05) is 23.2 Å². The molecule has 0 bridgehead atoms. The van der Waals surface area contributed by atoms with E-state index in [0.29, 0.717) is 41.2 Å². The molecule has 2 aromatic carbocycles. The summed E-state index contributed by atoms with van der Waals surface area (Å²) in [5.41, 5.74) is 3.56. The van der Waals surface area contributed by atoms with Crippen LogP contribution in [-0.4, -0.2) is 28.9 Å². The van der Waals surface area contributed by atoms with Crippen molar-refractivity contribution in [3.63, 3.8) is 0 Å². The molecule has 1 aromatic heterocycles. The van der Waals surface area contributed by atoms with Crippen molar-refractivity contribution in [2.45, 2.75) is 19.9 Å². The number of amides is 1. The van der Waals surface area contributed by atoms with E-state index in [0.717, 1.165) is 16.8 Å². The van der Waals surface area contributed by atoms with Crippen LogP contribution >= 0.6 is 23.2 Å². The van der Waals surface area contributed by atoms with Crippen LogP contribution in [0.4, 0.5) is 10.1 Å². The van der Waals surface area contributed by atoms with Gasteiger partial charge in [0.05, 0.1) is 17.1 Å². The summed E-state index contributed by atoms with van der Waals surface area (Å²) >= 11 is 11.9. The van der Waals surface area contributed by atoms with Gasteiger partial charge >= 0.3 is 0 Å². The molecule has 0 aliphatic carbocycles. The van der Waals surface area contributed by atoms with Gasteiger partial charge in [-0.25, -0.2) is 4.39 Å². The highest BCUT2D eigenvalue weighted by Gasteiger charge is 2.23. The third-order valence-corrected chi connectivity index (χ3v) is 5.89. The fourth-order valence-electron chi connectivity index (χ4n) is 3.63. The molecule has 29 heavy (non-hydrogen) atoms. The molecule has 0 atom stereocenters. The van der Waals surface area contributed by atoms with Crippen LogP contribution < -0.4 is 10.7 Å². The largest absolute Gasteiger partial charge is 0.358 e. The maximum absolute atomic E-state index is 13.3. The van der Waals surface area contributed by atoms with Gasteiger partial charge in [-0.05, 0) is 42.8 Å². The van der Waals surface area contributed by atoms with Crippen molar-refractivity contribution in [2.75, 3.05) is 18.4 Å². The van der Waals surface area contributed by atoms with E-state index >= 15 is 0 Å². The summed E-state index contributed by atoms with van der Waals surface area (Å²) in [5, 5.41) is 3.86. The summed E-state index contributed by atoms with van der Waals surface area (Å²) in [4.78, 5) is 30.6. The van der Waals surface area contributed by atoms with Crippen LogP contribution in [0, 0.1) is 12.7 Å². The lowest BCUT2D eigenvalue weighted by Crippen LogP contribution is -2.39. The smallest absolute Gasteiger partial charge is 0.238 e. The Balaban J connectivity index is 1.53. The summed E-state index contributed by atoms with van der Waals surface area (Å²) in [6, 6.07) is 7.48. The topological polar surface area (TPSA) is 65.2 Å². The predicted octanol–water partition coefficient (Wildman–Crippen LogP) is 4.28. The van der Waals surface area contributed by atoms with Gasteiger partial charge in [-0.2, -0.15) is 0 Å². The molecule has 2 N–H and O–H groups in total. The summed E-state index contributed by atoms with van der Waals surface area (Å²) in [5.74, 6) is -0.795. The zero-order chi connectivity index (χ0) is 20.7. The molecule has 0 spiro atoms. The first-order chi connectivity index (χ1) is 13.8. The highest BCUT2D eigenvalue weighted by molar-refractivity contribution is 6.32. The van der Waals surface area contributed by atoms with E-state index in [9.17, 15) is 14.0 Å². The number of benzene rings is 2. The molecule has 2 heterocycles. The zero-order valence-electron chi connectivity index (χ0n) is 15.6. The standard InChI is InChI=1S/C21H18Cl2FN3O2/c1-11-15(22)4-3-13-20(11)26-18-6-7-27(9-14(18)21(13)29)10-19(28)25-12-2-5-17(24)16(23)8-12/h2-5,8H,6-7,9-10H2,1H3,(H,25,28)(H,26,29). The SMILES string of the molecule is Cc1c(Cl)ccc2c(=O)c3c([nH]c12)CCN(CC(=O)Nc1ccc(F)c(Cl)c1)C3. The molecule has 1 amide bonds. The van der Waals surface area contributed by atoms with Crippen LogP contribution in [0.1, 0.15) is 16.8 Å². The number of hydrogen-bond acceptors (Lipinski definition) is 3. The number of rotatable bonds is 3. The number of aromatic nitrogens is 1. The summed E-state index contributed by atoms with van der Waals surface area (Å²) < 4.78 is 13.3. The van der Waals surface area contributed by atoms with Crippen LogP contribution in [0.25, 0.3) is 10.9 Å². The number of H-pyrrole nitrogens is 1. The number of hydrogen-bond donors (Lipinski definition) is 2. The Morgan fingerprint density at radius 3 is 2.79 bits per heavy atom. The molecule has 150 valence electrons. The second-order valence-electron chi connectivity index (χ2n) is 7.14. The molecular formula is C21H18Cl2FN3O2. The highest BCUT2D eigenvalue weighted by Crippen LogP contribution is 2.25. The number of nitrogens with one attached hydrogen (secondary N) is 2. The number of aromatic amines is 1. The van der Waals surface area contributed by atoms with Crippen molar-refractivity contribution in [3.05, 3.63) is 73.2 Å². The number of carbonyl (C=O) groups excluding carboxylic acids is 1. The molecule has 0 saturated carbocycles. The summed E-state index contributed by atoms with van der Waals surface area (Å²) in [7, 11) is 0. The maximum Gasteiger partial charge on any atom is 0.238 e. The quantitative estimate of drug-likeness (QED) is 0.647. The minimum atomic E-state index is -0.541. The number of halogens is 3. The lowest BCUT2D eigenvalue weighted by molar-refractivity contribution is -0.117. The molecular weight excluding hydrogens is 416 g/mol. The van der Waals surface area contributed by atoms with Gasteiger partial charge in [0.15, 0.2) is 5.43 Å². The third kappa shape index (κ3) is 3.88. The monoisotopic (exact) mass is 433 g/mol. The third-order valence-electron chi connectivity index (χ3n) is 5.19. The van der Waals surface area contributed by atoms with Gasteiger partial charge in [-0.3, -0.25) is 14.5 Å². The Labute approximate surface area is 176 Å². The van der Waals surface area contributed by atoms with Crippen molar-refractivity contribution < 1.29 is 9.18 Å². The number of pyridine rings is 1. The molecule has 3 aromatic rings. The normalized spacial score (nSPS) is 14.1. The zero-order valence-corrected chi connectivity index (χ0v) is 17.1. The number of carbonyl (C=O) groups is 1. The van der Waals surface area contributed by atoms with Crippen LogP contribution in [0.5, 0.6) is 0 Å². The minimum Gasteiger partial charge on any atom is -0.358 e. The first kappa shape index (κ1) is 19.9. The van der Waals surface area contributed by atoms with Crippen LogP contribution in [0.3, 0.4) is 0 Å². The predicted molar refractivity (Wildman–Crippen MR) is 113 cm³/mol. The summed E-state index contributed by atoms with van der Waals surface area (Å²) in [6.45, 7) is 3.01. The molecule has 1 aliphatic rings. The van der Waals surface area contributed by atoms with Crippen molar-refractivity contribution in [2.24, 2.45) is 0 Å². The van der Waals surface area contributed by atoms with Crippen molar-refractivity contribution >= 4 is 45.7 Å². The molecule has 5 nitrogen and oxygen atoms in total. The fourth-order valence-corrected chi connectivity index (χ4v) is 3.97. The van der Waals surface area contributed by atoms with E-state index in [1.807, 2.05) is 11.8 Å². The summed E-state index contributed by atoms with van der Waals surface area (Å²) in [6.07, 6.45) is 0.627. The Kier molecular flexibility index (Phi) is 5.34. The second-order valence-corrected chi connectivity index (χ2v) is 7.96. The average molecular weight is 434 g/mol. The average Bonchev–Trinajstić information content (AvgIpc) is 2.68. The van der Waals surface area contributed by atoms with Crippen LogP contribution in [0.2, 0.25) is 10.0 Å². The first-order valence-corrected chi connectivity index (χ1v) is 9.89. The second kappa shape index (κ2) is 7.78. The van der Waals surface area contributed by atoms with Gasteiger partial charge in [0.25, 0.3) is 0 Å². The molecule has 0 saturated heterocycles. The number of anilines is 1. The lowest BCUT2D eigenvalue weighted by atomic mass is 10.0. The molecule has 0 unspecified atom stereocenters. The molecule has 0 fully saturated rings. The van der Waals surface area contributed by atoms with Crippen molar-refractivity contribution in [3.8, 4) is 0 Å². The van der Waals surface area contributed by atoms with E-state index < -0.39 is 5.82 Å². The van der Waals surface area contributed by atoms with Gasteiger partial charge in [0, 0.05) is 46.9 Å². The maximum atomic E-state index is 13.3. The lowest BCUT2D eigenvalue weighted by Gasteiger charge is -2.28. The fraction of sp³-hybridized carbons (Fsp3) is 0.238. The molecule has 4 rings (SSSR count). The van der Waals surface area contributed by atoms with Crippen LogP contribution in [0.15, 0.2) is 35.1 Å². The van der Waals surface area contributed by atoms with Gasteiger partial charge < -0.3 is 10.3 Å².